The lowest BCUT2D eigenvalue weighted by atomic mass is 10.0. The van der Waals surface area contributed by atoms with Crippen molar-refractivity contribution < 1.29 is 31.8 Å². The molecule has 3 atom stereocenters. The maximum atomic E-state index is 12.9. The van der Waals surface area contributed by atoms with Crippen LogP contribution in [0, 0.1) is 0 Å². The Hall–Kier alpha value is -0.756. The second-order valence-electron chi connectivity index (χ2n) is 15.3. The Kier molecular flexibility index (Phi) is 14.3. The third-order valence-electron chi connectivity index (χ3n) is 5.06. The van der Waals surface area contributed by atoms with Gasteiger partial charge in [0, 0.05) is 0 Å². The van der Waals surface area contributed by atoms with E-state index in [1.54, 1.807) is 24.3 Å². The van der Waals surface area contributed by atoms with Gasteiger partial charge in [0.2, 0.25) is 0 Å². The number of carbonyl (C=O) groups excluding carboxylic acids is 1. The zero-order chi connectivity index (χ0) is 31.9. The first-order valence-electron chi connectivity index (χ1n) is 14.5. The standard InChI is InChI=1S/C28H57NO7Si5/c1-37(2,3)31-21-24(29-33-28(30)23-19-17-16-18-20-23)26(35-40(10,11)12)27(36-41(13,14)15)25(34-39(7,8)9)22-32-38(4,5)6/h16-20,25-27H,21-22H2,1-15H3/b29-24+/t25-,26-,27-/m1/s1. The van der Waals surface area contributed by atoms with E-state index in [1.807, 2.05) is 6.07 Å². The van der Waals surface area contributed by atoms with E-state index in [0.29, 0.717) is 17.9 Å². The number of hydrogen-bond donors (Lipinski definition) is 0. The zero-order valence-electron chi connectivity index (χ0n) is 28.3. The van der Waals surface area contributed by atoms with Crippen LogP contribution < -0.4 is 0 Å². The molecule has 236 valence electrons. The highest BCUT2D eigenvalue weighted by Gasteiger charge is 2.43. The predicted octanol–water partition coefficient (Wildman–Crippen LogP) is 7.56. The van der Waals surface area contributed by atoms with E-state index in [9.17, 15) is 4.79 Å². The summed E-state index contributed by atoms with van der Waals surface area (Å²) in [7, 11) is -10.2. The van der Waals surface area contributed by atoms with Crippen LogP contribution in [0.1, 0.15) is 10.4 Å². The van der Waals surface area contributed by atoms with Gasteiger partial charge in [-0.1, -0.05) is 23.4 Å². The van der Waals surface area contributed by atoms with Crippen LogP contribution in [0.15, 0.2) is 35.5 Å². The van der Waals surface area contributed by atoms with Crippen molar-refractivity contribution in [2.45, 2.75) is 117 Å². The van der Waals surface area contributed by atoms with Gasteiger partial charge >= 0.3 is 5.97 Å². The summed E-state index contributed by atoms with van der Waals surface area (Å²) in [6, 6.07) is 8.84. The predicted molar refractivity (Wildman–Crippen MR) is 183 cm³/mol. The van der Waals surface area contributed by atoms with E-state index in [1.165, 1.54) is 0 Å². The van der Waals surface area contributed by atoms with Gasteiger partial charge in [-0.05, 0) is 110 Å². The van der Waals surface area contributed by atoms with E-state index >= 15 is 0 Å². The molecule has 0 aliphatic carbocycles. The summed E-state index contributed by atoms with van der Waals surface area (Å²) in [5.41, 5.74) is 0.905. The first kappa shape index (κ1) is 38.3. The molecule has 8 nitrogen and oxygen atoms in total. The number of hydrogen-bond acceptors (Lipinski definition) is 8. The van der Waals surface area contributed by atoms with Crippen LogP contribution in [0.5, 0.6) is 0 Å². The molecule has 41 heavy (non-hydrogen) atoms. The molecular weight excluding hydrogens is 603 g/mol. The van der Waals surface area contributed by atoms with Gasteiger partial charge in [-0.3, -0.25) is 0 Å². The zero-order valence-corrected chi connectivity index (χ0v) is 33.3. The van der Waals surface area contributed by atoms with Gasteiger partial charge in [0.25, 0.3) is 0 Å². The summed E-state index contributed by atoms with van der Waals surface area (Å²) >= 11 is 0. The Morgan fingerprint density at radius 1 is 0.659 bits per heavy atom. The van der Waals surface area contributed by atoms with Crippen LogP contribution in [0.3, 0.4) is 0 Å². The highest BCUT2D eigenvalue weighted by Crippen LogP contribution is 2.26. The number of nitrogens with zero attached hydrogens (tertiary/aromatic N) is 1. The maximum absolute atomic E-state index is 12.9. The fraction of sp³-hybridized carbons (Fsp3) is 0.714. The van der Waals surface area contributed by atoms with Crippen LogP contribution in [0.4, 0.5) is 0 Å². The van der Waals surface area contributed by atoms with Crippen molar-refractivity contribution in [3.8, 4) is 0 Å². The maximum Gasteiger partial charge on any atom is 0.365 e. The smallest absolute Gasteiger partial charge is 0.365 e. The number of rotatable bonds is 17. The fourth-order valence-electron chi connectivity index (χ4n) is 3.61. The highest BCUT2D eigenvalue weighted by molar-refractivity contribution is 6.71. The van der Waals surface area contributed by atoms with E-state index < -0.39 is 65.9 Å². The lowest BCUT2D eigenvalue weighted by molar-refractivity contribution is -0.0307. The van der Waals surface area contributed by atoms with Crippen molar-refractivity contribution in [1.29, 1.82) is 0 Å². The summed E-state index contributed by atoms with van der Waals surface area (Å²) in [6.45, 7) is 32.7. The Bertz CT molecular complexity index is 975. The Balaban J connectivity index is 3.76. The average Bonchev–Trinajstić information content (AvgIpc) is 2.76. The number of carbonyl (C=O) groups is 1. The fourth-order valence-corrected chi connectivity index (χ4v) is 8.09. The van der Waals surface area contributed by atoms with Crippen LogP contribution >= 0.6 is 0 Å². The molecule has 1 rings (SSSR count). The molecule has 0 heterocycles. The molecule has 0 unspecified atom stereocenters. The first-order valence-corrected chi connectivity index (χ1v) is 31.5. The van der Waals surface area contributed by atoms with Crippen molar-refractivity contribution in [2.75, 3.05) is 13.2 Å². The third-order valence-corrected chi connectivity index (χ3v) is 10.1. The van der Waals surface area contributed by atoms with Crippen molar-refractivity contribution in [3.05, 3.63) is 35.9 Å². The second-order valence-corrected chi connectivity index (χ2v) is 37.7. The Morgan fingerprint density at radius 3 is 1.59 bits per heavy atom. The van der Waals surface area contributed by atoms with Crippen LogP contribution in [-0.4, -0.2) is 84.8 Å². The molecule has 0 saturated heterocycles. The lowest BCUT2D eigenvalue weighted by Crippen LogP contribution is -2.58. The second kappa shape index (κ2) is 15.3. The van der Waals surface area contributed by atoms with E-state index in [4.69, 9.17) is 27.0 Å². The molecule has 0 amide bonds. The molecule has 0 fully saturated rings. The Labute approximate surface area is 255 Å². The van der Waals surface area contributed by atoms with Gasteiger partial charge < -0.3 is 27.0 Å². The molecule has 0 bridgehead atoms. The highest BCUT2D eigenvalue weighted by atomic mass is 28.4. The minimum atomic E-state index is -2.19. The summed E-state index contributed by atoms with van der Waals surface area (Å²) in [5.74, 6) is -0.539. The average molecular weight is 660 g/mol. The number of oxime groups is 1. The SMILES string of the molecule is C[Si](C)(C)OC/C(=N\OC(=O)c1ccccc1)[C@@H](O[Si](C)(C)C)[C@H](O[Si](C)(C)C)[C@@H](CO[Si](C)(C)C)O[Si](C)(C)C. The van der Waals surface area contributed by atoms with Gasteiger partial charge in [-0.15, -0.1) is 0 Å². The quantitative estimate of drug-likeness (QED) is 0.0738. The van der Waals surface area contributed by atoms with E-state index in [0.717, 1.165) is 0 Å². The van der Waals surface area contributed by atoms with Crippen molar-refractivity contribution in [1.82, 2.24) is 0 Å². The van der Waals surface area contributed by atoms with Gasteiger partial charge in [-0.25, -0.2) is 4.79 Å². The summed E-state index contributed by atoms with van der Waals surface area (Å²) in [4.78, 5) is 18.5. The molecule has 0 aliphatic heterocycles. The lowest BCUT2D eigenvalue weighted by Gasteiger charge is -2.42. The summed E-state index contributed by atoms with van der Waals surface area (Å²) in [6.07, 6.45) is -1.58. The number of benzene rings is 1. The van der Waals surface area contributed by atoms with Gasteiger partial charge in [0.1, 0.15) is 17.9 Å². The summed E-state index contributed by atoms with van der Waals surface area (Å²) in [5, 5.41) is 4.45. The Morgan fingerprint density at radius 2 is 1.15 bits per heavy atom. The van der Waals surface area contributed by atoms with Crippen molar-refractivity contribution >= 4 is 53.3 Å². The molecule has 1 aromatic rings. The van der Waals surface area contributed by atoms with Gasteiger partial charge in [-0.2, -0.15) is 0 Å². The summed E-state index contributed by atoms with van der Waals surface area (Å²) < 4.78 is 33.4. The van der Waals surface area contributed by atoms with Gasteiger partial charge in [0.05, 0.1) is 24.9 Å². The van der Waals surface area contributed by atoms with E-state index in [-0.39, 0.29) is 6.61 Å². The molecule has 0 aromatic heterocycles. The van der Waals surface area contributed by atoms with Crippen molar-refractivity contribution in [3.63, 3.8) is 0 Å². The van der Waals surface area contributed by atoms with Crippen LogP contribution in [0.2, 0.25) is 98.2 Å². The first-order chi connectivity index (χ1) is 18.4. The minimum Gasteiger partial charge on any atom is -0.415 e. The minimum absolute atomic E-state index is 0.160. The largest absolute Gasteiger partial charge is 0.415 e. The van der Waals surface area contributed by atoms with Crippen LogP contribution in [-0.2, 0) is 27.0 Å². The molecule has 13 heteroatoms. The molecular formula is C28H57NO7Si5. The van der Waals surface area contributed by atoms with Crippen molar-refractivity contribution in [2.24, 2.45) is 5.16 Å². The molecule has 0 radical (unpaired) electrons. The molecule has 1 aromatic carbocycles. The topological polar surface area (TPSA) is 84.8 Å². The molecule has 0 saturated carbocycles. The van der Waals surface area contributed by atoms with Gasteiger partial charge in [0.15, 0.2) is 41.6 Å². The molecule has 0 spiro atoms. The van der Waals surface area contributed by atoms with Crippen LogP contribution in [0.25, 0.3) is 0 Å². The third kappa shape index (κ3) is 17.8. The normalized spacial score (nSPS) is 16.3. The molecule has 0 aliphatic rings. The monoisotopic (exact) mass is 659 g/mol. The van der Waals surface area contributed by atoms with E-state index in [2.05, 4.69) is 103 Å². The molecule has 0 N–H and O–H groups in total.